The normalized spacial score (nSPS) is 13.5. The number of hydrazine groups is 2. The second-order valence-corrected chi connectivity index (χ2v) is 4.73. The molecule has 6 heteroatoms. The highest BCUT2D eigenvalue weighted by Crippen LogP contribution is 2.27. The standard InChI is InChI=1S/C16H15FN4O/c17-14-6-7-16(22-11-12-4-2-1-3-5-12)15(8-14)13-9-19-21(18)20-10-13/h1-10,19H,11,18H2. The van der Waals surface area contributed by atoms with Gasteiger partial charge < -0.3 is 4.74 Å². The van der Waals surface area contributed by atoms with E-state index in [0.717, 1.165) is 10.8 Å². The molecule has 22 heavy (non-hydrogen) atoms. The monoisotopic (exact) mass is 298 g/mol. The van der Waals surface area contributed by atoms with Crippen molar-refractivity contribution < 1.29 is 9.13 Å². The molecule has 0 atom stereocenters. The number of hydrogen-bond acceptors (Lipinski definition) is 5. The molecule has 2 aromatic rings. The van der Waals surface area contributed by atoms with Gasteiger partial charge in [0.25, 0.3) is 0 Å². The SMILES string of the molecule is NN1N=CC(c2cc(F)ccc2OCc2ccccc2)=CN1. The molecule has 0 unspecified atom stereocenters. The summed E-state index contributed by atoms with van der Waals surface area (Å²) in [6.07, 6.45) is 3.18. The molecule has 5 nitrogen and oxygen atoms in total. The van der Waals surface area contributed by atoms with Crippen LogP contribution in [0.15, 0.2) is 59.8 Å². The van der Waals surface area contributed by atoms with Crippen LogP contribution in [-0.4, -0.2) is 11.4 Å². The Morgan fingerprint density at radius 1 is 1.18 bits per heavy atom. The van der Waals surface area contributed by atoms with Gasteiger partial charge in [-0.2, -0.15) is 0 Å². The minimum atomic E-state index is -0.341. The van der Waals surface area contributed by atoms with Gasteiger partial charge in [0.1, 0.15) is 18.2 Å². The van der Waals surface area contributed by atoms with E-state index in [9.17, 15) is 4.39 Å². The highest BCUT2D eigenvalue weighted by Gasteiger charge is 2.12. The fraction of sp³-hybridized carbons (Fsp3) is 0.0625. The van der Waals surface area contributed by atoms with E-state index in [-0.39, 0.29) is 5.82 Å². The lowest BCUT2D eigenvalue weighted by molar-refractivity contribution is 0.239. The summed E-state index contributed by atoms with van der Waals surface area (Å²) in [6, 6.07) is 14.2. The van der Waals surface area contributed by atoms with Crippen LogP contribution < -0.4 is 16.0 Å². The van der Waals surface area contributed by atoms with Crippen LogP contribution in [0.4, 0.5) is 4.39 Å². The molecule has 0 spiro atoms. The van der Waals surface area contributed by atoms with Gasteiger partial charge in [0.15, 0.2) is 0 Å². The first-order valence-corrected chi connectivity index (χ1v) is 6.74. The number of hydrazone groups is 1. The van der Waals surface area contributed by atoms with Crippen molar-refractivity contribution in [2.24, 2.45) is 10.9 Å². The molecule has 3 N–H and O–H groups in total. The average Bonchev–Trinajstić information content (AvgIpc) is 2.55. The molecule has 2 aromatic carbocycles. The Kier molecular flexibility index (Phi) is 4.02. The summed E-state index contributed by atoms with van der Waals surface area (Å²) in [5.74, 6) is 5.69. The third kappa shape index (κ3) is 3.24. The second kappa shape index (κ2) is 6.28. The van der Waals surface area contributed by atoms with Crippen LogP contribution in [-0.2, 0) is 6.61 Å². The number of benzene rings is 2. The Hall–Kier alpha value is -2.86. The summed E-state index contributed by atoms with van der Waals surface area (Å²) < 4.78 is 19.4. The summed E-state index contributed by atoms with van der Waals surface area (Å²) in [5.41, 5.74) is 5.06. The van der Waals surface area contributed by atoms with Gasteiger partial charge in [0.2, 0.25) is 0 Å². The fourth-order valence-electron chi connectivity index (χ4n) is 2.07. The number of nitrogens with one attached hydrogen (secondary N) is 1. The smallest absolute Gasteiger partial charge is 0.127 e. The van der Waals surface area contributed by atoms with Gasteiger partial charge in [-0.15, -0.1) is 10.3 Å². The second-order valence-electron chi connectivity index (χ2n) is 4.73. The Balaban J connectivity index is 1.84. The van der Waals surface area contributed by atoms with Gasteiger partial charge in [0.05, 0.1) is 6.21 Å². The van der Waals surface area contributed by atoms with Gasteiger partial charge >= 0.3 is 0 Å². The lowest BCUT2D eigenvalue weighted by Crippen LogP contribution is -2.37. The van der Waals surface area contributed by atoms with Crippen LogP contribution in [0.5, 0.6) is 5.75 Å². The highest BCUT2D eigenvalue weighted by molar-refractivity contribution is 6.10. The molecule has 3 rings (SSSR count). The van der Waals surface area contributed by atoms with E-state index in [4.69, 9.17) is 10.6 Å². The van der Waals surface area contributed by atoms with E-state index >= 15 is 0 Å². The molecule has 1 aliphatic heterocycles. The molecule has 0 aliphatic carbocycles. The molecule has 0 bridgehead atoms. The summed E-state index contributed by atoms with van der Waals surface area (Å²) in [5, 5.41) is 4.97. The quantitative estimate of drug-likeness (QED) is 0.851. The highest BCUT2D eigenvalue weighted by atomic mass is 19.1. The Labute approximate surface area is 127 Å². The molecular weight excluding hydrogens is 283 g/mol. The Bertz CT molecular complexity index is 715. The van der Waals surface area contributed by atoms with Crippen molar-refractivity contribution in [3.8, 4) is 5.75 Å². The lowest BCUT2D eigenvalue weighted by Gasteiger charge is -2.18. The minimum absolute atomic E-state index is 0.341. The Morgan fingerprint density at radius 2 is 2.00 bits per heavy atom. The lowest BCUT2D eigenvalue weighted by atomic mass is 10.1. The third-order valence-electron chi connectivity index (χ3n) is 3.16. The molecule has 1 heterocycles. The first kappa shape index (κ1) is 14.1. The predicted molar refractivity (Wildman–Crippen MR) is 82.8 cm³/mol. The number of halogens is 1. The van der Waals surface area contributed by atoms with E-state index in [1.54, 1.807) is 18.5 Å². The van der Waals surface area contributed by atoms with Crippen molar-refractivity contribution >= 4 is 11.8 Å². The summed E-state index contributed by atoms with van der Waals surface area (Å²) in [6.45, 7) is 0.403. The number of hydrogen-bond donors (Lipinski definition) is 2. The van der Waals surface area contributed by atoms with Crippen molar-refractivity contribution in [3.05, 3.63) is 71.7 Å². The number of rotatable bonds is 4. The van der Waals surface area contributed by atoms with Crippen molar-refractivity contribution in [2.75, 3.05) is 0 Å². The average molecular weight is 298 g/mol. The third-order valence-corrected chi connectivity index (χ3v) is 3.16. The van der Waals surface area contributed by atoms with Crippen LogP contribution in [0.3, 0.4) is 0 Å². The zero-order valence-corrected chi connectivity index (χ0v) is 11.7. The molecule has 0 saturated heterocycles. The topological polar surface area (TPSA) is 62.9 Å². The van der Waals surface area contributed by atoms with E-state index < -0.39 is 0 Å². The van der Waals surface area contributed by atoms with E-state index in [1.807, 2.05) is 30.3 Å². The van der Waals surface area contributed by atoms with Crippen LogP contribution in [0, 0.1) is 5.82 Å². The van der Waals surface area contributed by atoms with Gasteiger partial charge in [-0.05, 0) is 23.8 Å². The van der Waals surface area contributed by atoms with Gasteiger partial charge in [-0.25, -0.2) is 10.2 Å². The molecule has 0 amide bonds. The molecule has 1 aliphatic rings. The van der Waals surface area contributed by atoms with Crippen molar-refractivity contribution in [3.63, 3.8) is 0 Å². The van der Waals surface area contributed by atoms with Crippen LogP contribution >= 0.6 is 0 Å². The maximum absolute atomic E-state index is 13.6. The first-order chi connectivity index (χ1) is 10.7. The van der Waals surface area contributed by atoms with Crippen LogP contribution in [0.25, 0.3) is 5.57 Å². The van der Waals surface area contributed by atoms with E-state index in [2.05, 4.69) is 10.5 Å². The summed E-state index contributed by atoms with van der Waals surface area (Å²) in [7, 11) is 0. The zero-order chi connectivity index (χ0) is 15.4. The van der Waals surface area contributed by atoms with Gasteiger partial charge in [0, 0.05) is 17.3 Å². The van der Waals surface area contributed by atoms with Crippen molar-refractivity contribution in [1.82, 2.24) is 10.7 Å². The number of nitrogens with zero attached hydrogens (tertiary/aromatic N) is 2. The summed E-state index contributed by atoms with van der Waals surface area (Å²) >= 11 is 0. The van der Waals surface area contributed by atoms with Gasteiger partial charge in [-0.3, -0.25) is 5.43 Å². The number of ether oxygens (including phenoxy) is 1. The first-order valence-electron chi connectivity index (χ1n) is 6.74. The van der Waals surface area contributed by atoms with Crippen molar-refractivity contribution in [2.45, 2.75) is 6.61 Å². The minimum Gasteiger partial charge on any atom is -0.488 e. The molecule has 112 valence electrons. The van der Waals surface area contributed by atoms with E-state index in [1.165, 1.54) is 12.1 Å². The van der Waals surface area contributed by atoms with Crippen LogP contribution in [0.2, 0.25) is 0 Å². The maximum Gasteiger partial charge on any atom is 0.127 e. The van der Waals surface area contributed by atoms with Crippen molar-refractivity contribution in [1.29, 1.82) is 0 Å². The molecule has 0 fully saturated rings. The number of nitrogens with two attached hydrogens (primary N) is 1. The summed E-state index contributed by atoms with van der Waals surface area (Å²) in [4.78, 5) is 0. The fourth-order valence-corrected chi connectivity index (χ4v) is 2.07. The molecule has 0 saturated carbocycles. The predicted octanol–water partition coefficient (Wildman–Crippen LogP) is 2.43. The molecule has 0 radical (unpaired) electrons. The maximum atomic E-state index is 13.6. The number of allylic oxidation sites excluding steroid dienone is 1. The zero-order valence-electron chi connectivity index (χ0n) is 11.7. The molecule has 0 aromatic heterocycles. The van der Waals surface area contributed by atoms with Gasteiger partial charge in [-0.1, -0.05) is 30.3 Å². The molecular formula is C16H15FN4O. The van der Waals surface area contributed by atoms with E-state index in [0.29, 0.717) is 23.5 Å². The van der Waals surface area contributed by atoms with Crippen LogP contribution in [0.1, 0.15) is 11.1 Å². The Morgan fingerprint density at radius 3 is 2.73 bits per heavy atom. The largest absolute Gasteiger partial charge is 0.488 e.